The molecule has 3 heterocycles. The van der Waals surface area contributed by atoms with Gasteiger partial charge in [-0.2, -0.15) is 0 Å². The molecule has 3 aliphatic heterocycles. The maximum Gasteiger partial charge on any atom is 0.313 e. The van der Waals surface area contributed by atoms with E-state index in [1.54, 1.807) is 36.1 Å². The van der Waals surface area contributed by atoms with E-state index in [9.17, 15) is 24.3 Å². The minimum absolute atomic E-state index is 0.0525. The molecular formula is C41H54N4O8. The summed E-state index contributed by atoms with van der Waals surface area (Å²) < 4.78 is 18.4. The summed E-state index contributed by atoms with van der Waals surface area (Å²) in [7, 11) is 1.50. The Morgan fingerprint density at radius 2 is 1.75 bits per heavy atom. The predicted octanol–water partition coefficient (Wildman–Crippen LogP) is 4.19. The first-order chi connectivity index (χ1) is 25.6. The van der Waals surface area contributed by atoms with Crippen LogP contribution in [0.4, 0.5) is 11.4 Å². The van der Waals surface area contributed by atoms with E-state index in [0.717, 1.165) is 18.8 Å². The van der Waals surface area contributed by atoms with Gasteiger partial charge >= 0.3 is 5.97 Å². The molecule has 3 saturated heterocycles. The zero-order valence-corrected chi connectivity index (χ0v) is 31.3. The Morgan fingerprint density at radius 3 is 2.36 bits per heavy atom. The summed E-state index contributed by atoms with van der Waals surface area (Å²) in [6.45, 7) is 14.9. The molecule has 5 rings (SSSR count). The minimum atomic E-state index is -1.32. The molecule has 0 radical (unpaired) electrons. The van der Waals surface area contributed by atoms with Crippen molar-refractivity contribution in [2.75, 3.05) is 49.8 Å². The van der Waals surface area contributed by atoms with Crippen LogP contribution in [0.15, 0.2) is 79.9 Å². The molecule has 8 atom stereocenters. The van der Waals surface area contributed by atoms with E-state index in [4.69, 9.17) is 14.2 Å². The van der Waals surface area contributed by atoms with E-state index in [2.05, 4.69) is 37.2 Å². The second-order valence-electron chi connectivity index (χ2n) is 14.0. The van der Waals surface area contributed by atoms with Crippen LogP contribution in [0.25, 0.3) is 0 Å². The third kappa shape index (κ3) is 7.76. The number of hydrogen-bond acceptors (Lipinski definition) is 9. The van der Waals surface area contributed by atoms with E-state index in [1.165, 1.54) is 12.0 Å². The smallest absolute Gasteiger partial charge is 0.313 e. The van der Waals surface area contributed by atoms with Crippen LogP contribution < -0.4 is 15.1 Å². The number of nitrogens with one attached hydrogen (secondary N) is 1. The lowest BCUT2D eigenvalue weighted by Gasteiger charge is -2.38. The fraction of sp³-hybridized carbons (Fsp3) is 0.512. The van der Waals surface area contributed by atoms with Gasteiger partial charge in [0, 0.05) is 44.5 Å². The van der Waals surface area contributed by atoms with Gasteiger partial charge in [-0.05, 0) is 69.9 Å². The molecule has 1 spiro atoms. The molecule has 3 amide bonds. The van der Waals surface area contributed by atoms with Crippen molar-refractivity contribution >= 4 is 35.1 Å². The number of nitrogens with zero attached hydrogens (tertiary/aromatic N) is 3. The number of carbonyl (C=O) groups is 4. The topological polar surface area (TPSA) is 138 Å². The number of amides is 3. The second-order valence-corrected chi connectivity index (χ2v) is 14.0. The molecule has 0 saturated carbocycles. The fourth-order valence-electron chi connectivity index (χ4n) is 8.36. The number of ether oxygens (including phenoxy) is 3. The second kappa shape index (κ2) is 17.5. The van der Waals surface area contributed by atoms with Gasteiger partial charge in [0.05, 0.1) is 43.2 Å². The van der Waals surface area contributed by atoms with Gasteiger partial charge in [0.1, 0.15) is 17.7 Å². The summed E-state index contributed by atoms with van der Waals surface area (Å²) in [5.74, 6) is -3.77. The van der Waals surface area contributed by atoms with Crippen LogP contribution >= 0.6 is 0 Å². The highest BCUT2D eigenvalue weighted by Gasteiger charge is 2.75. The number of allylic oxidation sites excluding steroid dienone is 1. The average Bonchev–Trinajstić information content (AvgIpc) is 3.83. The molecule has 0 aromatic heterocycles. The number of benzene rings is 2. The molecule has 12 heteroatoms. The van der Waals surface area contributed by atoms with Crippen LogP contribution in [0, 0.1) is 11.8 Å². The van der Waals surface area contributed by atoms with E-state index in [-0.39, 0.29) is 31.4 Å². The highest BCUT2D eigenvalue weighted by molar-refractivity contribution is 6.05. The maximum atomic E-state index is 14.9. The molecule has 3 fully saturated rings. The van der Waals surface area contributed by atoms with Crippen molar-refractivity contribution in [2.24, 2.45) is 11.8 Å². The first kappa shape index (κ1) is 39.7. The number of carbonyl (C=O) groups excluding carboxylic acids is 4. The summed E-state index contributed by atoms with van der Waals surface area (Å²) in [5.41, 5.74) is 0.967. The number of methoxy groups -OCH3 is 1. The van der Waals surface area contributed by atoms with Crippen molar-refractivity contribution in [1.82, 2.24) is 10.2 Å². The number of esters is 1. The summed E-state index contributed by atoms with van der Waals surface area (Å²) in [6.07, 6.45) is 3.16. The lowest BCUT2D eigenvalue weighted by atomic mass is 9.70. The minimum Gasteiger partial charge on any atom is -0.455 e. The van der Waals surface area contributed by atoms with Gasteiger partial charge in [-0.25, -0.2) is 0 Å². The molecule has 286 valence electrons. The van der Waals surface area contributed by atoms with Crippen LogP contribution in [0.5, 0.6) is 0 Å². The predicted molar refractivity (Wildman–Crippen MR) is 202 cm³/mol. The number of aliphatic hydroxyl groups is 1. The Labute approximate surface area is 312 Å². The summed E-state index contributed by atoms with van der Waals surface area (Å²) in [6, 6.07) is 14.2. The number of anilines is 2. The third-order valence-corrected chi connectivity index (χ3v) is 10.9. The third-order valence-electron chi connectivity index (χ3n) is 10.9. The van der Waals surface area contributed by atoms with Gasteiger partial charge in [-0.15, -0.1) is 13.2 Å². The van der Waals surface area contributed by atoms with E-state index in [1.807, 2.05) is 42.5 Å². The normalized spacial score (nSPS) is 24.5. The van der Waals surface area contributed by atoms with Gasteiger partial charge in [0.15, 0.2) is 0 Å². The Hall–Kier alpha value is -4.52. The van der Waals surface area contributed by atoms with Crippen molar-refractivity contribution in [2.45, 2.75) is 82.4 Å². The van der Waals surface area contributed by atoms with Gasteiger partial charge < -0.3 is 39.3 Å². The molecule has 2 N–H and O–H groups in total. The first-order valence-corrected chi connectivity index (χ1v) is 18.6. The Kier molecular flexibility index (Phi) is 13.1. The summed E-state index contributed by atoms with van der Waals surface area (Å²) >= 11 is 0. The SMILES string of the molecule is C=CCCC(=O)N[C@@H](COC)[C@@H](OC(=O)[C@@H]1[C@H]2C(=O)N([C@H](C)CO)[C@H](C(=O)N(CC=C)c3ccc(N(CC)CC)cc3)[C@]23CC[C@H]1O3)c1ccccc1. The summed E-state index contributed by atoms with van der Waals surface area (Å²) in [4.78, 5) is 62.0. The highest BCUT2D eigenvalue weighted by Crippen LogP contribution is 2.59. The Bertz CT molecular complexity index is 1620. The van der Waals surface area contributed by atoms with E-state index < -0.39 is 66.3 Å². The van der Waals surface area contributed by atoms with Crippen LogP contribution in [0.2, 0.25) is 0 Å². The molecule has 0 unspecified atom stereocenters. The molecule has 3 aliphatic rings. The highest BCUT2D eigenvalue weighted by atomic mass is 16.6. The van der Waals surface area contributed by atoms with Gasteiger partial charge in [0.2, 0.25) is 11.8 Å². The largest absolute Gasteiger partial charge is 0.455 e. The number of likely N-dealkylation sites (tertiary alicyclic amines) is 1. The van der Waals surface area contributed by atoms with Crippen molar-refractivity contribution in [3.8, 4) is 0 Å². The number of rotatable bonds is 19. The van der Waals surface area contributed by atoms with Crippen LogP contribution in [-0.2, 0) is 33.4 Å². The number of fused-ring (bicyclic) bond motifs is 1. The quantitative estimate of drug-likeness (QED) is 0.161. The number of hydrogen-bond donors (Lipinski definition) is 2. The zero-order valence-electron chi connectivity index (χ0n) is 31.3. The fourth-order valence-corrected chi connectivity index (χ4v) is 8.36. The molecule has 2 aromatic rings. The molecule has 2 bridgehead atoms. The molecule has 2 aromatic carbocycles. The van der Waals surface area contributed by atoms with E-state index >= 15 is 0 Å². The molecule has 53 heavy (non-hydrogen) atoms. The first-order valence-electron chi connectivity index (χ1n) is 18.6. The van der Waals surface area contributed by atoms with Crippen LogP contribution in [-0.4, -0.2) is 103 Å². The maximum absolute atomic E-state index is 14.9. The molecule has 12 nitrogen and oxygen atoms in total. The van der Waals surface area contributed by atoms with Crippen molar-refractivity contribution in [3.63, 3.8) is 0 Å². The Morgan fingerprint density at radius 1 is 1.08 bits per heavy atom. The van der Waals surface area contributed by atoms with Crippen molar-refractivity contribution in [1.29, 1.82) is 0 Å². The number of aliphatic hydroxyl groups excluding tert-OH is 1. The van der Waals surface area contributed by atoms with E-state index in [0.29, 0.717) is 30.5 Å². The lowest BCUT2D eigenvalue weighted by molar-refractivity contribution is -0.163. The standard InChI is InChI=1S/C41H54N4O8/c1-7-11-17-33(47)42-31(26-51-6)36(28-15-13-12-14-16-28)52-40(50)34-32-22-23-41(53-32)35(34)38(48)45(27(5)25-46)37(41)39(49)44(24-8-2)30-20-18-29(19-21-30)43(9-3)10-4/h7-8,12-16,18-21,27,31-32,34-37,46H,1-2,9-11,17,22-26H2,3-6H3,(H,42,47)/t27-,31+,32-,34+,35+,36+,37-,41+/m1/s1. The molecular weight excluding hydrogens is 676 g/mol. The van der Waals surface area contributed by atoms with Gasteiger partial charge in [-0.3, -0.25) is 19.2 Å². The van der Waals surface area contributed by atoms with Crippen LogP contribution in [0.1, 0.15) is 58.1 Å². The van der Waals surface area contributed by atoms with Gasteiger partial charge in [-0.1, -0.05) is 42.5 Å². The lowest BCUT2D eigenvalue weighted by Crippen LogP contribution is -2.58. The Balaban J connectivity index is 1.49. The van der Waals surface area contributed by atoms with Crippen molar-refractivity contribution < 1.29 is 38.5 Å². The summed E-state index contributed by atoms with van der Waals surface area (Å²) in [5, 5.41) is 13.3. The molecule has 0 aliphatic carbocycles. The van der Waals surface area contributed by atoms with Gasteiger partial charge in [0.25, 0.3) is 5.91 Å². The van der Waals surface area contributed by atoms with Crippen molar-refractivity contribution in [3.05, 3.63) is 85.5 Å². The monoisotopic (exact) mass is 730 g/mol. The average molecular weight is 731 g/mol. The van der Waals surface area contributed by atoms with Crippen LogP contribution in [0.3, 0.4) is 0 Å². The zero-order chi connectivity index (χ0) is 38.3.